The fourth-order valence-corrected chi connectivity index (χ4v) is 1.65. The van der Waals surface area contributed by atoms with Crippen molar-refractivity contribution in [1.82, 2.24) is 15.5 Å². The van der Waals surface area contributed by atoms with Crippen molar-refractivity contribution in [3.8, 4) is 0 Å². The van der Waals surface area contributed by atoms with Gasteiger partial charge in [-0.2, -0.15) is 0 Å². The van der Waals surface area contributed by atoms with Gasteiger partial charge in [-0.05, 0) is 6.92 Å². The lowest BCUT2D eigenvalue weighted by Gasteiger charge is -2.38. The van der Waals surface area contributed by atoms with Gasteiger partial charge in [0, 0.05) is 26.2 Å². The van der Waals surface area contributed by atoms with Gasteiger partial charge in [-0.3, -0.25) is 4.99 Å². The average Bonchev–Trinajstić information content (AvgIpc) is 2.47. The number of likely N-dealkylation sites (N-methyl/N-ethyl adjacent to an activating group) is 1. The molecule has 0 saturated carbocycles. The van der Waals surface area contributed by atoms with Crippen molar-refractivity contribution in [2.45, 2.75) is 13.0 Å². The number of hydrogen-bond donors (Lipinski definition) is 2. The number of hydrogen-bond acceptors (Lipinski definition) is 4. The Bertz CT molecular complexity index is 185. The van der Waals surface area contributed by atoms with Gasteiger partial charge in [0.15, 0.2) is 5.96 Å². The van der Waals surface area contributed by atoms with Crippen molar-refractivity contribution in [3.63, 3.8) is 0 Å². The third-order valence-corrected chi connectivity index (χ3v) is 2.47. The van der Waals surface area contributed by atoms with Crippen LogP contribution in [0.25, 0.3) is 0 Å². The second-order valence-corrected chi connectivity index (χ2v) is 3.23. The number of aliphatic imine (C=N–C) groups is 1. The van der Waals surface area contributed by atoms with Crippen LogP contribution in [-0.4, -0.2) is 49.6 Å². The highest BCUT2D eigenvalue weighted by atomic mass is 15.4. The van der Waals surface area contributed by atoms with E-state index >= 15 is 0 Å². The van der Waals surface area contributed by atoms with Crippen molar-refractivity contribution in [1.29, 1.82) is 0 Å². The van der Waals surface area contributed by atoms with Crippen LogP contribution >= 0.6 is 0 Å². The van der Waals surface area contributed by atoms with Crippen LogP contribution < -0.4 is 10.6 Å². The molecule has 0 spiro atoms. The Labute approximate surface area is 73.0 Å². The van der Waals surface area contributed by atoms with Crippen molar-refractivity contribution in [3.05, 3.63) is 0 Å². The molecule has 12 heavy (non-hydrogen) atoms. The van der Waals surface area contributed by atoms with Crippen LogP contribution in [0.3, 0.4) is 0 Å². The summed E-state index contributed by atoms with van der Waals surface area (Å²) in [4.78, 5) is 6.76. The highest BCUT2D eigenvalue weighted by Gasteiger charge is 2.26. The van der Waals surface area contributed by atoms with Crippen molar-refractivity contribution in [2.24, 2.45) is 4.99 Å². The lowest BCUT2D eigenvalue weighted by Crippen LogP contribution is -2.60. The maximum Gasteiger partial charge on any atom is 0.194 e. The van der Waals surface area contributed by atoms with Gasteiger partial charge < -0.3 is 15.5 Å². The summed E-state index contributed by atoms with van der Waals surface area (Å²) >= 11 is 0. The largest absolute Gasteiger partial charge is 0.354 e. The smallest absolute Gasteiger partial charge is 0.194 e. The molecule has 2 aliphatic rings. The molecule has 1 fully saturated rings. The van der Waals surface area contributed by atoms with E-state index in [0.29, 0.717) is 6.04 Å². The van der Waals surface area contributed by atoms with Gasteiger partial charge >= 0.3 is 0 Å². The molecule has 0 radical (unpaired) electrons. The molecule has 2 heterocycles. The molecular formula is C8H16N4. The Morgan fingerprint density at radius 1 is 1.58 bits per heavy atom. The van der Waals surface area contributed by atoms with Crippen molar-refractivity contribution >= 4 is 5.96 Å². The molecule has 2 rings (SSSR count). The van der Waals surface area contributed by atoms with E-state index in [1.54, 1.807) is 0 Å². The molecule has 4 nitrogen and oxygen atoms in total. The third kappa shape index (κ3) is 1.27. The summed E-state index contributed by atoms with van der Waals surface area (Å²) < 4.78 is 0. The van der Waals surface area contributed by atoms with Gasteiger partial charge in [0.2, 0.25) is 0 Å². The minimum absolute atomic E-state index is 0.666. The molecule has 68 valence electrons. The zero-order valence-corrected chi connectivity index (χ0v) is 7.51. The highest BCUT2D eigenvalue weighted by Crippen LogP contribution is 2.06. The van der Waals surface area contributed by atoms with Crippen LogP contribution in [0.2, 0.25) is 0 Å². The fourth-order valence-electron chi connectivity index (χ4n) is 1.65. The van der Waals surface area contributed by atoms with E-state index in [1.165, 1.54) is 0 Å². The molecule has 0 atom stereocenters. The Morgan fingerprint density at radius 2 is 2.42 bits per heavy atom. The van der Waals surface area contributed by atoms with Crippen molar-refractivity contribution in [2.75, 3.05) is 32.7 Å². The Morgan fingerprint density at radius 3 is 2.83 bits per heavy atom. The Balaban J connectivity index is 1.96. The summed E-state index contributed by atoms with van der Waals surface area (Å²) in [5.74, 6) is 1.10. The summed E-state index contributed by atoms with van der Waals surface area (Å²) in [7, 11) is 0. The summed E-state index contributed by atoms with van der Waals surface area (Å²) in [5, 5.41) is 6.58. The fraction of sp³-hybridized carbons (Fsp3) is 0.875. The van der Waals surface area contributed by atoms with Crippen LogP contribution in [-0.2, 0) is 0 Å². The van der Waals surface area contributed by atoms with Gasteiger partial charge in [0.1, 0.15) is 0 Å². The number of nitrogens with zero attached hydrogens (tertiary/aromatic N) is 2. The predicted octanol–water partition coefficient (Wildman–Crippen LogP) is -0.761. The van der Waals surface area contributed by atoms with Gasteiger partial charge in [-0.25, -0.2) is 0 Å². The first-order chi connectivity index (χ1) is 5.92. The van der Waals surface area contributed by atoms with E-state index in [9.17, 15) is 0 Å². The lowest BCUT2D eigenvalue weighted by molar-refractivity contribution is 0.235. The highest BCUT2D eigenvalue weighted by molar-refractivity contribution is 5.81. The molecule has 1 saturated heterocycles. The average molecular weight is 168 g/mol. The first-order valence-corrected chi connectivity index (χ1v) is 4.67. The van der Waals surface area contributed by atoms with Crippen LogP contribution in [0.1, 0.15) is 6.92 Å². The molecule has 4 heteroatoms. The SMILES string of the molecule is CCN(C1=NCCN1)C1CNC1. The van der Waals surface area contributed by atoms with Gasteiger partial charge in [0.05, 0.1) is 12.6 Å². The number of rotatable bonds is 2. The number of guanidine groups is 1. The van der Waals surface area contributed by atoms with Crippen LogP contribution in [0.15, 0.2) is 4.99 Å². The molecule has 0 unspecified atom stereocenters. The van der Waals surface area contributed by atoms with Crippen LogP contribution in [0.5, 0.6) is 0 Å². The molecule has 2 aliphatic heterocycles. The minimum atomic E-state index is 0.666. The standard InChI is InChI=1S/C8H16N4/c1-2-12(7-5-9-6-7)8-10-3-4-11-8/h7,9H,2-6H2,1H3,(H,10,11). The molecule has 0 amide bonds. The van der Waals surface area contributed by atoms with Crippen LogP contribution in [0.4, 0.5) is 0 Å². The van der Waals surface area contributed by atoms with E-state index in [2.05, 4.69) is 27.4 Å². The summed E-state index contributed by atoms with van der Waals surface area (Å²) in [6.45, 7) is 7.39. The summed E-state index contributed by atoms with van der Waals surface area (Å²) in [6.07, 6.45) is 0. The summed E-state index contributed by atoms with van der Waals surface area (Å²) in [6, 6.07) is 0.666. The van der Waals surface area contributed by atoms with Gasteiger partial charge in [-0.15, -0.1) is 0 Å². The summed E-state index contributed by atoms with van der Waals surface area (Å²) in [5.41, 5.74) is 0. The second kappa shape index (κ2) is 3.31. The van der Waals surface area contributed by atoms with E-state index in [4.69, 9.17) is 0 Å². The molecule has 0 aliphatic carbocycles. The molecule has 0 aromatic carbocycles. The molecule has 2 N–H and O–H groups in total. The Kier molecular flexibility index (Phi) is 2.17. The van der Waals surface area contributed by atoms with E-state index in [-0.39, 0.29) is 0 Å². The van der Waals surface area contributed by atoms with Crippen molar-refractivity contribution < 1.29 is 0 Å². The molecule has 0 aromatic heterocycles. The zero-order valence-electron chi connectivity index (χ0n) is 7.51. The molecular weight excluding hydrogens is 152 g/mol. The van der Waals surface area contributed by atoms with Gasteiger partial charge in [-0.1, -0.05) is 0 Å². The zero-order chi connectivity index (χ0) is 8.39. The van der Waals surface area contributed by atoms with E-state index in [0.717, 1.165) is 38.7 Å². The first kappa shape index (κ1) is 7.86. The maximum absolute atomic E-state index is 4.41. The first-order valence-electron chi connectivity index (χ1n) is 4.67. The van der Waals surface area contributed by atoms with E-state index < -0.39 is 0 Å². The van der Waals surface area contributed by atoms with Crippen LogP contribution in [0, 0.1) is 0 Å². The van der Waals surface area contributed by atoms with Gasteiger partial charge in [0.25, 0.3) is 0 Å². The molecule has 0 aromatic rings. The molecule has 0 bridgehead atoms. The Hall–Kier alpha value is -0.770. The maximum atomic E-state index is 4.41. The lowest BCUT2D eigenvalue weighted by atomic mass is 10.1. The third-order valence-electron chi connectivity index (χ3n) is 2.47. The van der Waals surface area contributed by atoms with E-state index in [1.807, 2.05) is 0 Å². The topological polar surface area (TPSA) is 39.7 Å². The number of nitrogens with one attached hydrogen (secondary N) is 2. The normalized spacial score (nSPS) is 22.9. The monoisotopic (exact) mass is 168 g/mol. The minimum Gasteiger partial charge on any atom is -0.354 e. The quantitative estimate of drug-likeness (QED) is 0.569. The predicted molar refractivity (Wildman–Crippen MR) is 49.3 cm³/mol. The second-order valence-electron chi connectivity index (χ2n) is 3.23.